The highest BCUT2D eigenvalue weighted by atomic mass is 16.5. The lowest BCUT2D eigenvalue weighted by Crippen LogP contribution is -2.13. The lowest BCUT2D eigenvalue weighted by Gasteiger charge is -2.13. The van der Waals surface area contributed by atoms with Crippen LogP contribution < -0.4 is 24.3 Å². The fourth-order valence-corrected chi connectivity index (χ4v) is 3.54. The summed E-state index contributed by atoms with van der Waals surface area (Å²) in [5.41, 5.74) is 3.49. The minimum atomic E-state index is -0.296. The molecule has 0 bridgehead atoms. The highest BCUT2D eigenvalue weighted by Crippen LogP contribution is 2.33. The second-order valence-corrected chi connectivity index (χ2v) is 7.19. The Morgan fingerprint density at radius 3 is 2.09 bits per heavy atom. The summed E-state index contributed by atoms with van der Waals surface area (Å²) in [6.07, 6.45) is 0. The molecule has 7 heteroatoms. The van der Waals surface area contributed by atoms with Crippen molar-refractivity contribution >= 4 is 22.5 Å². The highest BCUT2D eigenvalue weighted by Gasteiger charge is 2.15. The Morgan fingerprint density at radius 2 is 1.42 bits per heavy atom. The summed E-state index contributed by atoms with van der Waals surface area (Å²) in [4.78, 5) is 17.7. The maximum absolute atomic E-state index is 12.9. The number of fused-ring (bicyclic) bond motifs is 1. The van der Waals surface area contributed by atoms with E-state index in [1.807, 2.05) is 42.5 Å². The van der Waals surface area contributed by atoms with Gasteiger partial charge in [-0.2, -0.15) is 0 Å². The molecule has 0 saturated heterocycles. The molecule has 33 heavy (non-hydrogen) atoms. The number of carbonyl (C=O) groups is 1. The first-order valence-electron chi connectivity index (χ1n) is 10.2. The smallest absolute Gasteiger partial charge is 0.259 e. The second kappa shape index (κ2) is 9.48. The monoisotopic (exact) mass is 444 g/mol. The van der Waals surface area contributed by atoms with Crippen LogP contribution in [0, 0.1) is 0 Å². The first kappa shape index (κ1) is 22.0. The van der Waals surface area contributed by atoms with Crippen molar-refractivity contribution in [2.45, 2.75) is 0 Å². The fourth-order valence-electron chi connectivity index (χ4n) is 3.54. The Labute approximate surface area is 191 Å². The van der Waals surface area contributed by atoms with Gasteiger partial charge in [0.15, 0.2) is 0 Å². The van der Waals surface area contributed by atoms with Gasteiger partial charge in [0.05, 0.1) is 45.2 Å². The van der Waals surface area contributed by atoms with Crippen molar-refractivity contribution in [2.75, 3.05) is 33.8 Å². The van der Waals surface area contributed by atoms with Crippen molar-refractivity contribution in [3.8, 4) is 34.3 Å². The molecule has 3 aromatic carbocycles. The molecule has 1 heterocycles. The van der Waals surface area contributed by atoms with Gasteiger partial charge in [-0.25, -0.2) is 4.98 Å². The van der Waals surface area contributed by atoms with Crippen LogP contribution in [0.1, 0.15) is 10.4 Å². The number of rotatable bonds is 7. The molecule has 0 unspecified atom stereocenters. The molecule has 1 aromatic heterocycles. The zero-order valence-corrected chi connectivity index (χ0v) is 18.8. The van der Waals surface area contributed by atoms with Crippen molar-refractivity contribution < 1.29 is 23.7 Å². The summed E-state index contributed by atoms with van der Waals surface area (Å²) < 4.78 is 21.4. The highest BCUT2D eigenvalue weighted by molar-refractivity contribution is 6.07. The first-order valence-corrected chi connectivity index (χ1v) is 10.2. The number of methoxy groups -OCH3 is 4. The van der Waals surface area contributed by atoms with Crippen LogP contribution in [-0.4, -0.2) is 39.3 Å². The summed E-state index contributed by atoms with van der Waals surface area (Å²) in [7, 11) is 6.32. The van der Waals surface area contributed by atoms with Crippen molar-refractivity contribution in [1.82, 2.24) is 4.98 Å². The van der Waals surface area contributed by atoms with Crippen LogP contribution in [-0.2, 0) is 0 Å². The number of hydrogen-bond donors (Lipinski definition) is 1. The van der Waals surface area contributed by atoms with Crippen LogP contribution in [0.25, 0.3) is 22.2 Å². The number of benzene rings is 3. The van der Waals surface area contributed by atoms with Crippen LogP contribution in [0.2, 0.25) is 0 Å². The number of aromatic nitrogens is 1. The van der Waals surface area contributed by atoms with E-state index in [1.165, 1.54) is 7.11 Å². The molecule has 1 amide bonds. The average molecular weight is 444 g/mol. The molecule has 0 atom stereocenters. The third kappa shape index (κ3) is 4.52. The molecular weight excluding hydrogens is 420 g/mol. The molecule has 0 radical (unpaired) electrons. The number of amides is 1. The summed E-state index contributed by atoms with van der Waals surface area (Å²) in [5, 5.41) is 3.70. The van der Waals surface area contributed by atoms with E-state index in [2.05, 4.69) is 5.32 Å². The van der Waals surface area contributed by atoms with E-state index in [0.29, 0.717) is 28.5 Å². The van der Waals surface area contributed by atoms with Crippen molar-refractivity contribution in [1.29, 1.82) is 0 Å². The summed E-state index contributed by atoms with van der Waals surface area (Å²) >= 11 is 0. The number of carbonyl (C=O) groups excluding carboxylic acids is 1. The normalized spacial score (nSPS) is 10.5. The van der Waals surface area contributed by atoms with Gasteiger partial charge in [-0.1, -0.05) is 0 Å². The lowest BCUT2D eigenvalue weighted by molar-refractivity contribution is 0.102. The molecule has 0 aliphatic heterocycles. The maximum Gasteiger partial charge on any atom is 0.259 e. The third-order valence-corrected chi connectivity index (χ3v) is 5.29. The van der Waals surface area contributed by atoms with Crippen molar-refractivity contribution in [3.05, 3.63) is 72.3 Å². The maximum atomic E-state index is 12.9. The minimum absolute atomic E-state index is 0.296. The molecule has 1 N–H and O–H groups in total. The van der Waals surface area contributed by atoms with Crippen LogP contribution in [0.3, 0.4) is 0 Å². The third-order valence-electron chi connectivity index (χ3n) is 5.29. The largest absolute Gasteiger partial charge is 0.497 e. The number of nitrogens with zero attached hydrogens (tertiary/aromatic N) is 1. The quantitative estimate of drug-likeness (QED) is 0.423. The Morgan fingerprint density at radius 1 is 0.727 bits per heavy atom. The van der Waals surface area contributed by atoms with Gasteiger partial charge in [-0.15, -0.1) is 0 Å². The average Bonchev–Trinajstić information content (AvgIpc) is 2.87. The van der Waals surface area contributed by atoms with Gasteiger partial charge in [0.2, 0.25) is 0 Å². The molecule has 0 saturated carbocycles. The predicted octanol–water partition coefficient (Wildman–Crippen LogP) is 5.19. The molecule has 0 fully saturated rings. The van der Waals surface area contributed by atoms with Gasteiger partial charge in [-0.3, -0.25) is 4.79 Å². The Balaban J connectivity index is 1.66. The van der Waals surface area contributed by atoms with E-state index in [4.69, 9.17) is 23.9 Å². The predicted molar refractivity (Wildman–Crippen MR) is 128 cm³/mol. The van der Waals surface area contributed by atoms with Gasteiger partial charge in [0, 0.05) is 28.8 Å². The molecule has 168 valence electrons. The van der Waals surface area contributed by atoms with E-state index in [-0.39, 0.29) is 5.91 Å². The molecule has 0 aliphatic rings. The van der Waals surface area contributed by atoms with Crippen LogP contribution >= 0.6 is 0 Å². The lowest BCUT2D eigenvalue weighted by atomic mass is 10.1. The Hall–Kier alpha value is -4.26. The number of pyridine rings is 1. The van der Waals surface area contributed by atoms with Crippen LogP contribution in [0.5, 0.6) is 23.0 Å². The van der Waals surface area contributed by atoms with E-state index < -0.39 is 0 Å². The fraction of sp³-hybridized carbons (Fsp3) is 0.154. The minimum Gasteiger partial charge on any atom is -0.497 e. The summed E-state index contributed by atoms with van der Waals surface area (Å²) in [5.74, 6) is 2.17. The molecule has 7 nitrogen and oxygen atoms in total. The van der Waals surface area contributed by atoms with E-state index in [0.717, 1.165) is 27.9 Å². The second-order valence-electron chi connectivity index (χ2n) is 7.19. The molecular formula is C26H24N2O5. The zero-order valence-electron chi connectivity index (χ0n) is 18.8. The van der Waals surface area contributed by atoms with Crippen LogP contribution in [0.15, 0.2) is 66.7 Å². The van der Waals surface area contributed by atoms with Crippen molar-refractivity contribution in [3.63, 3.8) is 0 Å². The van der Waals surface area contributed by atoms with Crippen LogP contribution in [0.4, 0.5) is 5.69 Å². The van der Waals surface area contributed by atoms with Gasteiger partial charge in [0.1, 0.15) is 23.0 Å². The first-order chi connectivity index (χ1) is 16.1. The number of nitrogens with one attached hydrogen (secondary N) is 1. The van der Waals surface area contributed by atoms with Gasteiger partial charge in [-0.05, 0) is 54.6 Å². The SMILES string of the molecule is COc1ccc(-c2cc(OC)c3cc(NC(=O)c4ccc(OC)cc4OC)ccc3n2)cc1. The van der Waals surface area contributed by atoms with Gasteiger partial charge in [0.25, 0.3) is 5.91 Å². The molecule has 4 aromatic rings. The van der Waals surface area contributed by atoms with E-state index in [9.17, 15) is 4.79 Å². The summed E-state index contributed by atoms with van der Waals surface area (Å²) in [6.45, 7) is 0. The number of anilines is 1. The van der Waals surface area contributed by atoms with E-state index >= 15 is 0 Å². The zero-order chi connectivity index (χ0) is 23.4. The molecule has 4 rings (SSSR count). The topological polar surface area (TPSA) is 78.9 Å². The molecule has 0 aliphatic carbocycles. The summed E-state index contributed by atoms with van der Waals surface area (Å²) in [6, 6.07) is 20.1. The number of ether oxygens (including phenoxy) is 4. The Bertz CT molecular complexity index is 1300. The number of hydrogen-bond acceptors (Lipinski definition) is 6. The van der Waals surface area contributed by atoms with Gasteiger partial charge < -0.3 is 24.3 Å². The Kier molecular flexibility index (Phi) is 6.31. The van der Waals surface area contributed by atoms with E-state index in [1.54, 1.807) is 45.6 Å². The molecule has 0 spiro atoms. The van der Waals surface area contributed by atoms with Crippen molar-refractivity contribution in [2.24, 2.45) is 0 Å². The van der Waals surface area contributed by atoms with Gasteiger partial charge >= 0.3 is 0 Å². The standard InChI is InChI=1S/C26H24N2O5/c1-30-18-8-5-16(6-9-18)23-15-25(33-4)21-13-17(7-12-22(21)28-23)27-26(29)20-11-10-19(31-2)14-24(20)32-3/h5-15H,1-4H3,(H,27,29).